The van der Waals surface area contributed by atoms with E-state index in [2.05, 4.69) is 9.47 Å². The molecule has 0 unspecified atom stereocenters. The molecule has 0 fully saturated rings. The van der Waals surface area contributed by atoms with E-state index < -0.39 is 37.1 Å². The fraction of sp³-hybridized carbons (Fsp3) is 0.667. The number of rotatable bonds is 8. The quantitative estimate of drug-likeness (QED) is 0.590. The van der Waals surface area contributed by atoms with E-state index in [0.717, 1.165) is 0 Å². The third-order valence-electron chi connectivity index (χ3n) is 1.62. The zero-order valence-corrected chi connectivity index (χ0v) is 14.5. The number of hydrogen-bond donors (Lipinski definition) is 2. The Bertz CT molecular complexity index is 297. The molecule has 21 heavy (non-hydrogen) atoms. The summed E-state index contributed by atoms with van der Waals surface area (Å²) in [5, 5.41) is 16.1. The summed E-state index contributed by atoms with van der Waals surface area (Å²) in [5.74, 6) is -3.15. The molecule has 120 valence electrons. The van der Waals surface area contributed by atoms with Crippen LogP contribution in [0.3, 0.4) is 0 Å². The van der Waals surface area contributed by atoms with Gasteiger partial charge in [-0.15, -0.1) is 0 Å². The Labute approximate surface area is 141 Å². The van der Waals surface area contributed by atoms with Crippen molar-refractivity contribution >= 4 is 23.9 Å². The maximum Gasteiger partial charge on any atom is 0.341 e. The standard InChI is InChI=1S/2C6H10O4.Zr/c2*1-2-3-6(9)10-4-5(7)8;/h2*2-4H2,1H3,(H,7,8);. The van der Waals surface area contributed by atoms with Gasteiger partial charge in [0.05, 0.1) is 0 Å². The first kappa shape index (κ1) is 24.8. The zero-order chi connectivity index (χ0) is 16.0. The predicted octanol–water partition coefficient (Wildman–Crippen LogP) is 0.826. The van der Waals surface area contributed by atoms with Crippen LogP contribution in [-0.4, -0.2) is 47.3 Å². The summed E-state index contributed by atoms with van der Waals surface area (Å²) < 4.78 is 8.61. The summed E-state index contributed by atoms with van der Waals surface area (Å²) in [6, 6.07) is 0. The second-order valence-corrected chi connectivity index (χ2v) is 3.61. The molecule has 0 saturated heterocycles. The fourth-order valence-corrected chi connectivity index (χ4v) is 0.837. The maximum absolute atomic E-state index is 10.5. The Balaban J connectivity index is -0.000000295. The number of carboxylic acid groups (broad SMARTS) is 2. The van der Waals surface area contributed by atoms with Crippen LogP contribution in [0.5, 0.6) is 0 Å². The summed E-state index contributed by atoms with van der Waals surface area (Å²) in [6.45, 7) is 2.59. The van der Waals surface area contributed by atoms with E-state index >= 15 is 0 Å². The van der Waals surface area contributed by atoms with Crippen molar-refractivity contribution in [1.29, 1.82) is 0 Å². The monoisotopic (exact) mass is 382 g/mol. The molecule has 9 heteroatoms. The molecule has 0 aliphatic rings. The van der Waals surface area contributed by atoms with Gasteiger partial charge in [-0.05, 0) is 12.8 Å². The van der Waals surface area contributed by atoms with E-state index in [1.165, 1.54) is 0 Å². The molecule has 0 radical (unpaired) electrons. The number of hydrogen-bond acceptors (Lipinski definition) is 6. The summed E-state index contributed by atoms with van der Waals surface area (Å²) in [4.78, 5) is 40.6. The first-order valence-corrected chi connectivity index (χ1v) is 6.08. The molecular weight excluding hydrogens is 363 g/mol. The SMILES string of the molecule is CCCC(=O)OCC(=O)O.CCCC(=O)OCC(=O)O.[Zr]. The molecule has 0 aliphatic carbocycles. The first-order chi connectivity index (χ1) is 9.33. The minimum absolute atomic E-state index is 0. The third kappa shape index (κ3) is 24.2. The third-order valence-corrected chi connectivity index (χ3v) is 1.62. The van der Waals surface area contributed by atoms with Crippen LogP contribution in [0.1, 0.15) is 39.5 Å². The minimum atomic E-state index is -1.12. The van der Waals surface area contributed by atoms with Crippen LogP contribution < -0.4 is 0 Å². The average Bonchev–Trinajstić information content (AvgIpc) is 2.35. The number of aliphatic carboxylic acids is 2. The van der Waals surface area contributed by atoms with Gasteiger partial charge in [-0.3, -0.25) is 9.59 Å². The van der Waals surface area contributed by atoms with Gasteiger partial charge in [0.15, 0.2) is 13.2 Å². The second kappa shape index (κ2) is 16.8. The van der Waals surface area contributed by atoms with Crippen LogP contribution in [0.2, 0.25) is 0 Å². The van der Waals surface area contributed by atoms with Gasteiger partial charge < -0.3 is 19.7 Å². The van der Waals surface area contributed by atoms with Crippen LogP contribution >= 0.6 is 0 Å². The van der Waals surface area contributed by atoms with E-state index in [-0.39, 0.29) is 39.0 Å². The minimum Gasteiger partial charge on any atom is -0.479 e. The molecule has 0 rings (SSSR count). The van der Waals surface area contributed by atoms with Gasteiger partial charge in [0.1, 0.15) is 0 Å². The smallest absolute Gasteiger partial charge is 0.341 e. The molecule has 0 aliphatic heterocycles. The van der Waals surface area contributed by atoms with Crippen molar-refractivity contribution in [2.75, 3.05) is 13.2 Å². The Morgan fingerprint density at radius 1 is 0.762 bits per heavy atom. The predicted molar refractivity (Wildman–Crippen MR) is 67.0 cm³/mol. The van der Waals surface area contributed by atoms with E-state index in [4.69, 9.17) is 10.2 Å². The van der Waals surface area contributed by atoms with E-state index in [1.807, 2.05) is 13.8 Å². The van der Waals surface area contributed by atoms with Crippen LogP contribution in [0.15, 0.2) is 0 Å². The van der Waals surface area contributed by atoms with Gasteiger partial charge in [0.25, 0.3) is 0 Å². The van der Waals surface area contributed by atoms with Crippen molar-refractivity contribution in [3.05, 3.63) is 0 Å². The summed E-state index contributed by atoms with van der Waals surface area (Å²) >= 11 is 0. The van der Waals surface area contributed by atoms with Gasteiger partial charge in [0.2, 0.25) is 0 Å². The average molecular weight is 384 g/mol. The number of carbonyl (C=O) groups is 4. The fourth-order valence-electron chi connectivity index (χ4n) is 0.837. The molecule has 0 aromatic heterocycles. The van der Waals surface area contributed by atoms with E-state index in [0.29, 0.717) is 12.8 Å². The molecule has 0 bridgehead atoms. The molecule has 0 aromatic rings. The largest absolute Gasteiger partial charge is 0.479 e. The van der Waals surface area contributed by atoms with Crippen LogP contribution in [0.25, 0.3) is 0 Å². The Kier molecular flexibility index (Phi) is 19.8. The van der Waals surface area contributed by atoms with Crippen LogP contribution in [-0.2, 0) is 54.9 Å². The van der Waals surface area contributed by atoms with Crippen LogP contribution in [0, 0.1) is 0 Å². The Morgan fingerprint density at radius 3 is 1.24 bits per heavy atom. The number of carboxylic acids is 2. The Hall–Kier alpha value is -1.24. The summed E-state index contributed by atoms with van der Waals surface area (Å²) in [6.07, 6.45) is 1.93. The normalized spacial score (nSPS) is 8.48. The summed E-state index contributed by atoms with van der Waals surface area (Å²) in [5.41, 5.74) is 0. The molecule has 0 heterocycles. The molecule has 0 spiro atoms. The summed E-state index contributed by atoms with van der Waals surface area (Å²) in [7, 11) is 0. The number of esters is 2. The molecule has 0 saturated carbocycles. The van der Waals surface area contributed by atoms with E-state index in [1.54, 1.807) is 0 Å². The van der Waals surface area contributed by atoms with Crippen molar-refractivity contribution in [2.24, 2.45) is 0 Å². The molecule has 2 N–H and O–H groups in total. The molecule has 0 atom stereocenters. The van der Waals surface area contributed by atoms with Gasteiger partial charge in [-0.2, -0.15) is 0 Å². The molecule has 8 nitrogen and oxygen atoms in total. The van der Waals surface area contributed by atoms with Gasteiger partial charge >= 0.3 is 23.9 Å². The van der Waals surface area contributed by atoms with Crippen molar-refractivity contribution in [1.82, 2.24) is 0 Å². The molecule has 0 aromatic carbocycles. The molecule has 0 amide bonds. The van der Waals surface area contributed by atoms with Crippen LogP contribution in [0.4, 0.5) is 0 Å². The Morgan fingerprint density at radius 2 is 1.05 bits per heavy atom. The number of ether oxygens (including phenoxy) is 2. The van der Waals surface area contributed by atoms with Crippen molar-refractivity contribution in [2.45, 2.75) is 39.5 Å². The topological polar surface area (TPSA) is 127 Å². The zero-order valence-electron chi connectivity index (χ0n) is 12.1. The maximum atomic E-state index is 10.5. The van der Waals surface area contributed by atoms with Gasteiger partial charge in [-0.25, -0.2) is 9.59 Å². The van der Waals surface area contributed by atoms with Crippen molar-refractivity contribution in [3.63, 3.8) is 0 Å². The van der Waals surface area contributed by atoms with Crippen molar-refractivity contribution < 1.29 is 65.1 Å². The van der Waals surface area contributed by atoms with E-state index in [9.17, 15) is 19.2 Å². The van der Waals surface area contributed by atoms with Gasteiger partial charge in [-0.1, -0.05) is 13.8 Å². The second-order valence-electron chi connectivity index (χ2n) is 3.61. The first-order valence-electron chi connectivity index (χ1n) is 6.08. The van der Waals surface area contributed by atoms with Gasteiger partial charge in [0, 0.05) is 39.0 Å². The van der Waals surface area contributed by atoms with Crippen molar-refractivity contribution in [3.8, 4) is 0 Å². The molecular formula is C12H20O8Zr. The number of carbonyl (C=O) groups excluding carboxylic acids is 2.